The van der Waals surface area contributed by atoms with Gasteiger partial charge < -0.3 is 4.90 Å². The number of fused-ring (bicyclic) bond motifs is 1. The normalized spacial score (nSPS) is 15.4. The van der Waals surface area contributed by atoms with Crippen LogP contribution >= 0.6 is 0 Å². The van der Waals surface area contributed by atoms with Gasteiger partial charge in [-0.2, -0.15) is 5.10 Å². The summed E-state index contributed by atoms with van der Waals surface area (Å²) in [7, 11) is 0. The molecule has 1 aromatic carbocycles. The Balaban J connectivity index is 1.57. The lowest BCUT2D eigenvalue weighted by Crippen LogP contribution is -2.46. The standard InChI is InChI=1S/C18H21N7O2/c1-12-10-16(14-4-3-5-15(25(26)27)18(14)19-12)24-8-6-23(7-9-24)11-17-20-13(2)21-22-17/h3-5,10H,6-9,11H2,1-2H3,(H,20,21,22). The van der Waals surface area contributed by atoms with Crippen molar-refractivity contribution in [1.82, 2.24) is 25.1 Å². The Kier molecular flexibility index (Phi) is 4.44. The van der Waals surface area contributed by atoms with Gasteiger partial charge in [-0.1, -0.05) is 12.1 Å². The van der Waals surface area contributed by atoms with Gasteiger partial charge in [0, 0.05) is 49.0 Å². The number of piperazine rings is 1. The van der Waals surface area contributed by atoms with Gasteiger partial charge in [-0.05, 0) is 19.9 Å². The monoisotopic (exact) mass is 367 g/mol. The molecule has 1 saturated heterocycles. The van der Waals surface area contributed by atoms with Crippen molar-refractivity contribution in [3.8, 4) is 0 Å². The molecule has 3 aromatic rings. The molecule has 2 aromatic heterocycles. The van der Waals surface area contributed by atoms with Crippen molar-refractivity contribution in [2.45, 2.75) is 20.4 Å². The van der Waals surface area contributed by atoms with Crippen molar-refractivity contribution in [2.75, 3.05) is 31.1 Å². The molecule has 0 unspecified atom stereocenters. The first-order valence-electron chi connectivity index (χ1n) is 8.91. The Hall–Kier alpha value is -3.07. The molecular formula is C18H21N7O2. The maximum absolute atomic E-state index is 11.4. The molecule has 3 heterocycles. The molecule has 1 aliphatic heterocycles. The second-order valence-electron chi connectivity index (χ2n) is 6.81. The van der Waals surface area contributed by atoms with E-state index in [9.17, 15) is 10.1 Å². The first kappa shape index (κ1) is 17.3. The third-order valence-electron chi connectivity index (χ3n) is 4.84. The van der Waals surface area contributed by atoms with Crippen molar-refractivity contribution in [3.05, 3.63) is 51.7 Å². The number of H-pyrrole nitrogens is 1. The van der Waals surface area contributed by atoms with Crippen LogP contribution < -0.4 is 4.90 Å². The van der Waals surface area contributed by atoms with Crippen LogP contribution in [0.25, 0.3) is 10.9 Å². The molecule has 9 heteroatoms. The fraction of sp³-hybridized carbons (Fsp3) is 0.389. The average Bonchev–Trinajstić information content (AvgIpc) is 3.06. The van der Waals surface area contributed by atoms with Gasteiger partial charge in [0.1, 0.15) is 5.82 Å². The van der Waals surface area contributed by atoms with Gasteiger partial charge in [-0.15, -0.1) is 0 Å². The van der Waals surface area contributed by atoms with E-state index in [-0.39, 0.29) is 10.6 Å². The molecule has 0 amide bonds. The zero-order valence-electron chi connectivity index (χ0n) is 15.3. The molecule has 0 atom stereocenters. The highest BCUT2D eigenvalue weighted by atomic mass is 16.6. The Morgan fingerprint density at radius 3 is 2.63 bits per heavy atom. The van der Waals surface area contributed by atoms with Gasteiger partial charge in [0.2, 0.25) is 0 Å². The minimum Gasteiger partial charge on any atom is -0.368 e. The molecule has 27 heavy (non-hydrogen) atoms. The van der Waals surface area contributed by atoms with Crippen LogP contribution in [0.4, 0.5) is 11.4 Å². The van der Waals surface area contributed by atoms with Crippen molar-refractivity contribution >= 4 is 22.3 Å². The highest BCUT2D eigenvalue weighted by Crippen LogP contribution is 2.32. The maximum atomic E-state index is 11.4. The summed E-state index contributed by atoms with van der Waals surface area (Å²) in [6.45, 7) is 7.93. The molecule has 1 aliphatic rings. The topological polar surface area (TPSA) is 104 Å². The van der Waals surface area contributed by atoms with E-state index in [4.69, 9.17) is 0 Å². The number of hydrogen-bond acceptors (Lipinski definition) is 7. The van der Waals surface area contributed by atoms with E-state index in [1.165, 1.54) is 6.07 Å². The van der Waals surface area contributed by atoms with Gasteiger partial charge in [0.05, 0.1) is 11.5 Å². The predicted octanol–water partition coefficient (Wildman–Crippen LogP) is 2.20. The summed E-state index contributed by atoms with van der Waals surface area (Å²) in [6, 6.07) is 7.16. The predicted molar refractivity (Wildman–Crippen MR) is 102 cm³/mol. The van der Waals surface area contributed by atoms with E-state index in [0.717, 1.165) is 61.1 Å². The number of benzene rings is 1. The van der Waals surface area contributed by atoms with Gasteiger partial charge in [0.25, 0.3) is 5.69 Å². The van der Waals surface area contributed by atoms with Gasteiger partial charge in [-0.25, -0.2) is 9.97 Å². The number of aromatic amines is 1. The lowest BCUT2D eigenvalue weighted by Gasteiger charge is -2.36. The van der Waals surface area contributed by atoms with E-state index in [0.29, 0.717) is 5.52 Å². The minimum absolute atomic E-state index is 0.0519. The Morgan fingerprint density at radius 2 is 1.96 bits per heavy atom. The van der Waals surface area contributed by atoms with Gasteiger partial charge in [-0.3, -0.25) is 20.1 Å². The van der Waals surface area contributed by atoms with Crippen LogP contribution in [0.3, 0.4) is 0 Å². The van der Waals surface area contributed by atoms with Crippen LogP contribution in [0.15, 0.2) is 24.3 Å². The summed E-state index contributed by atoms with van der Waals surface area (Å²) >= 11 is 0. The number of aromatic nitrogens is 4. The zero-order valence-corrected chi connectivity index (χ0v) is 15.3. The number of rotatable bonds is 4. The molecule has 4 rings (SSSR count). The smallest absolute Gasteiger partial charge is 0.295 e. The maximum Gasteiger partial charge on any atom is 0.295 e. The molecule has 1 N–H and O–H groups in total. The van der Waals surface area contributed by atoms with Crippen molar-refractivity contribution < 1.29 is 4.92 Å². The number of anilines is 1. The summed E-state index contributed by atoms with van der Waals surface area (Å²) in [5, 5.41) is 19.3. The van der Waals surface area contributed by atoms with Crippen LogP contribution in [0.5, 0.6) is 0 Å². The molecular weight excluding hydrogens is 346 g/mol. The van der Waals surface area contributed by atoms with Crippen LogP contribution in [0.1, 0.15) is 17.3 Å². The Morgan fingerprint density at radius 1 is 1.19 bits per heavy atom. The van der Waals surface area contributed by atoms with Gasteiger partial charge in [0.15, 0.2) is 11.3 Å². The second-order valence-corrected chi connectivity index (χ2v) is 6.81. The number of para-hydroxylation sites is 1. The lowest BCUT2D eigenvalue weighted by molar-refractivity contribution is -0.383. The summed E-state index contributed by atoms with van der Waals surface area (Å²) in [4.78, 5) is 24.4. The Bertz CT molecular complexity index is 993. The number of nitrogens with one attached hydrogen (secondary N) is 1. The first-order valence-corrected chi connectivity index (χ1v) is 8.91. The van der Waals surface area contributed by atoms with Crippen LogP contribution in [0.2, 0.25) is 0 Å². The first-order chi connectivity index (χ1) is 13.0. The second kappa shape index (κ2) is 6.92. The average molecular weight is 367 g/mol. The van der Waals surface area contributed by atoms with E-state index in [1.54, 1.807) is 6.07 Å². The molecule has 0 spiro atoms. The van der Waals surface area contributed by atoms with Crippen LogP contribution in [-0.2, 0) is 6.54 Å². The molecule has 1 fully saturated rings. The van der Waals surface area contributed by atoms with Crippen molar-refractivity contribution in [3.63, 3.8) is 0 Å². The Labute approximate surface area is 156 Å². The molecule has 9 nitrogen and oxygen atoms in total. The van der Waals surface area contributed by atoms with E-state index >= 15 is 0 Å². The molecule has 0 saturated carbocycles. The van der Waals surface area contributed by atoms with Gasteiger partial charge >= 0.3 is 0 Å². The minimum atomic E-state index is -0.366. The van der Waals surface area contributed by atoms with E-state index < -0.39 is 0 Å². The highest BCUT2D eigenvalue weighted by Gasteiger charge is 2.22. The summed E-state index contributed by atoms with van der Waals surface area (Å²) < 4.78 is 0. The number of hydrogen-bond donors (Lipinski definition) is 1. The third-order valence-corrected chi connectivity index (χ3v) is 4.84. The number of non-ortho nitro benzene ring substituents is 1. The zero-order chi connectivity index (χ0) is 19.0. The number of aryl methyl sites for hydroxylation is 2. The summed E-state index contributed by atoms with van der Waals surface area (Å²) in [6.07, 6.45) is 0. The number of nitro groups is 1. The van der Waals surface area contributed by atoms with Crippen LogP contribution in [-0.4, -0.2) is 56.2 Å². The number of nitrogens with zero attached hydrogens (tertiary/aromatic N) is 6. The molecule has 0 radical (unpaired) electrons. The summed E-state index contributed by atoms with van der Waals surface area (Å²) in [5.74, 6) is 1.63. The SMILES string of the molecule is Cc1cc(N2CCN(Cc3n[nH]c(C)n3)CC2)c2cccc([N+](=O)[O-])c2n1. The third kappa shape index (κ3) is 3.45. The van der Waals surface area contributed by atoms with Crippen molar-refractivity contribution in [2.24, 2.45) is 0 Å². The van der Waals surface area contributed by atoms with Crippen molar-refractivity contribution in [1.29, 1.82) is 0 Å². The molecule has 0 bridgehead atoms. The number of nitro benzene ring substituents is 1. The van der Waals surface area contributed by atoms with E-state index in [1.807, 2.05) is 26.0 Å². The quantitative estimate of drug-likeness (QED) is 0.557. The summed E-state index contributed by atoms with van der Waals surface area (Å²) in [5.41, 5.74) is 2.30. The van der Waals surface area contributed by atoms with E-state index in [2.05, 4.69) is 30.0 Å². The lowest BCUT2D eigenvalue weighted by atomic mass is 10.1. The fourth-order valence-corrected chi connectivity index (χ4v) is 3.56. The fourth-order valence-electron chi connectivity index (χ4n) is 3.56. The molecule has 0 aliphatic carbocycles. The molecule has 140 valence electrons. The van der Waals surface area contributed by atoms with Crippen LogP contribution in [0, 0.1) is 24.0 Å². The largest absolute Gasteiger partial charge is 0.368 e. The number of pyridine rings is 1. The highest BCUT2D eigenvalue weighted by molar-refractivity contribution is 5.97.